The van der Waals surface area contributed by atoms with Crippen molar-refractivity contribution in [2.75, 3.05) is 5.32 Å². The van der Waals surface area contributed by atoms with Crippen molar-refractivity contribution in [2.45, 2.75) is 39.3 Å². The van der Waals surface area contributed by atoms with Crippen LogP contribution in [0.5, 0.6) is 0 Å². The van der Waals surface area contributed by atoms with Gasteiger partial charge in [-0.2, -0.15) is 4.98 Å². The quantitative estimate of drug-likeness (QED) is 0.465. The van der Waals surface area contributed by atoms with E-state index >= 15 is 0 Å². The average molecular weight is 415 g/mol. The van der Waals surface area contributed by atoms with E-state index in [9.17, 15) is 4.79 Å². The highest BCUT2D eigenvalue weighted by molar-refractivity contribution is 5.89. The Kier molecular flexibility index (Phi) is 5.42. The van der Waals surface area contributed by atoms with Crippen LogP contribution in [0.1, 0.15) is 49.7 Å². The molecule has 1 atom stereocenters. The zero-order valence-corrected chi connectivity index (χ0v) is 18.0. The topological polar surface area (TPSA) is 81.9 Å². The van der Waals surface area contributed by atoms with Crippen LogP contribution in [-0.2, 0) is 4.74 Å². The normalized spacial score (nSPS) is 12.5. The number of nitrogens with one attached hydrogen (secondary N) is 1. The summed E-state index contributed by atoms with van der Waals surface area (Å²) in [6.07, 6.45) is 3.48. The Morgan fingerprint density at radius 3 is 2.52 bits per heavy atom. The third-order valence-electron chi connectivity index (χ3n) is 4.73. The minimum absolute atomic E-state index is 0.0533. The number of carbonyl (C=O) groups is 1. The summed E-state index contributed by atoms with van der Waals surface area (Å²) < 4.78 is 7.35. The lowest BCUT2D eigenvalue weighted by Crippen LogP contribution is -2.23. The minimum atomic E-state index is -0.520. The van der Waals surface area contributed by atoms with Crippen LogP contribution in [0.15, 0.2) is 67.1 Å². The van der Waals surface area contributed by atoms with Crippen molar-refractivity contribution in [1.29, 1.82) is 0 Å². The summed E-state index contributed by atoms with van der Waals surface area (Å²) in [6.45, 7) is 7.58. The SMILES string of the molecule is C[C@H](Nc1nccc(-n2cnc3ccccc32)n1)c1ccc(C(=O)OC(C)(C)C)cc1. The van der Waals surface area contributed by atoms with E-state index in [1.807, 2.05) is 74.7 Å². The number of hydrogen-bond acceptors (Lipinski definition) is 6. The van der Waals surface area contributed by atoms with Gasteiger partial charge in [0.1, 0.15) is 17.7 Å². The van der Waals surface area contributed by atoms with Crippen LogP contribution in [0, 0.1) is 0 Å². The van der Waals surface area contributed by atoms with E-state index in [0.29, 0.717) is 11.5 Å². The maximum atomic E-state index is 12.2. The molecule has 4 rings (SSSR count). The number of aromatic nitrogens is 4. The first-order valence-electron chi connectivity index (χ1n) is 10.2. The van der Waals surface area contributed by atoms with Gasteiger partial charge in [0.15, 0.2) is 0 Å². The summed E-state index contributed by atoms with van der Waals surface area (Å²) in [5.41, 5.74) is 2.91. The molecule has 7 heteroatoms. The predicted molar refractivity (Wildman–Crippen MR) is 120 cm³/mol. The van der Waals surface area contributed by atoms with Crippen molar-refractivity contribution < 1.29 is 9.53 Å². The molecule has 0 aliphatic rings. The zero-order chi connectivity index (χ0) is 22.0. The van der Waals surface area contributed by atoms with Crippen LogP contribution in [0.25, 0.3) is 16.9 Å². The Bertz CT molecular complexity index is 1210. The molecule has 2 aromatic carbocycles. The summed E-state index contributed by atoms with van der Waals surface area (Å²) in [5, 5.41) is 3.32. The number of anilines is 1. The van der Waals surface area contributed by atoms with Crippen molar-refractivity contribution in [3.8, 4) is 5.82 Å². The van der Waals surface area contributed by atoms with Gasteiger partial charge < -0.3 is 10.1 Å². The zero-order valence-electron chi connectivity index (χ0n) is 18.0. The lowest BCUT2D eigenvalue weighted by atomic mass is 10.1. The number of hydrogen-bond donors (Lipinski definition) is 1. The molecule has 0 saturated heterocycles. The average Bonchev–Trinajstić information content (AvgIpc) is 3.17. The van der Waals surface area contributed by atoms with Crippen molar-refractivity contribution in [3.05, 3.63) is 78.2 Å². The number of esters is 1. The van der Waals surface area contributed by atoms with E-state index in [2.05, 4.69) is 20.3 Å². The van der Waals surface area contributed by atoms with E-state index in [1.165, 1.54) is 0 Å². The Hall–Kier alpha value is -3.74. The summed E-state index contributed by atoms with van der Waals surface area (Å²) in [5.74, 6) is 0.918. The van der Waals surface area contributed by atoms with E-state index < -0.39 is 5.60 Å². The van der Waals surface area contributed by atoms with Crippen LogP contribution >= 0.6 is 0 Å². The number of benzene rings is 2. The molecule has 0 fully saturated rings. The molecule has 0 spiro atoms. The number of carbonyl (C=O) groups excluding carboxylic acids is 1. The number of ether oxygens (including phenoxy) is 1. The van der Waals surface area contributed by atoms with Gasteiger partial charge in [0.25, 0.3) is 0 Å². The molecule has 2 heterocycles. The summed E-state index contributed by atoms with van der Waals surface area (Å²) in [7, 11) is 0. The lowest BCUT2D eigenvalue weighted by Gasteiger charge is -2.20. The molecule has 0 bridgehead atoms. The fourth-order valence-electron chi connectivity index (χ4n) is 3.22. The highest BCUT2D eigenvalue weighted by Gasteiger charge is 2.18. The first-order chi connectivity index (χ1) is 14.8. The molecule has 2 aromatic heterocycles. The van der Waals surface area contributed by atoms with Gasteiger partial charge in [0, 0.05) is 6.20 Å². The second-order valence-corrected chi connectivity index (χ2v) is 8.33. The van der Waals surface area contributed by atoms with Crippen molar-refractivity contribution in [3.63, 3.8) is 0 Å². The van der Waals surface area contributed by atoms with Crippen LogP contribution in [-0.4, -0.2) is 31.1 Å². The Morgan fingerprint density at radius 2 is 1.77 bits per heavy atom. The van der Waals surface area contributed by atoms with E-state index in [4.69, 9.17) is 4.74 Å². The van der Waals surface area contributed by atoms with Gasteiger partial charge in [-0.25, -0.2) is 14.8 Å². The van der Waals surface area contributed by atoms with Crippen LogP contribution < -0.4 is 5.32 Å². The monoisotopic (exact) mass is 415 g/mol. The molecule has 0 aliphatic carbocycles. The maximum absolute atomic E-state index is 12.2. The number of para-hydroxylation sites is 2. The molecule has 158 valence electrons. The number of imidazole rings is 1. The van der Waals surface area contributed by atoms with E-state index in [0.717, 1.165) is 22.4 Å². The molecule has 0 amide bonds. The third kappa shape index (κ3) is 4.71. The number of fused-ring (bicyclic) bond motifs is 1. The van der Waals surface area contributed by atoms with Gasteiger partial charge in [0.2, 0.25) is 5.95 Å². The van der Waals surface area contributed by atoms with Gasteiger partial charge in [-0.1, -0.05) is 24.3 Å². The second kappa shape index (κ2) is 8.18. The minimum Gasteiger partial charge on any atom is -0.456 e. The Morgan fingerprint density at radius 1 is 1.03 bits per heavy atom. The molecule has 31 heavy (non-hydrogen) atoms. The van der Waals surface area contributed by atoms with Crippen molar-refractivity contribution in [1.82, 2.24) is 19.5 Å². The van der Waals surface area contributed by atoms with Gasteiger partial charge >= 0.3 is 5.97 Å². The molecular formula is C24H25N5O2. The highest BCUT2D eigenvalue weighted by atomic mass is 16.6. The van der Waals surface area contributed by atoms with Crippen LogP contribution in [0.4, 0.5) is 5.95 Å². The third-order valence-corrected chi connectivity index (χ3v) is 4.73. The van der Waals surface area contributed by atoms with Crippen molar-refractivity contribution in [2.24, 2.45) is 0 Å². The van der Waals surface area contributed by atoms with Gasteiger partial charge in [-0.05, 0) is 63.6 Å². The van der Waals surface area contributed by atoms with Crippen LogP contribution in [0.3, 0.4) is 0 Å². The molecule has 0 aliphatic heterocycles. The maximum Gasteiger partial charge on any atom is 0.338 e. The smallest absolute Gasteiger partial charge is 0.338 e. The van der Waals surface area contributed by atoms with E-state index in [1.54, 1.807) is 24.7 Å². The Labute approximate surface area is 181 Å². The number of rotatable bonds is 5. The standard InChI is InChI=1S/C24H25N5O2/c1-16(17-9-11-18(12-10-17)22(30)31-24(2,3)4)27-23-25-14-13-21(28-23)29-15-26-19-7-5-6-8-20(19)29/h5-16H,1-4H3,(H,25,27,28)/t16-/m0/s1. The first-order valence-corrected chi connectivity index (χ1v) is 10.2. The molecule has 1 N–H and O–H groups in total. The van der Waals surface area contributed by atoms with Gasteiger partial charge in [0.05, 0.1) is 22.6 Å². The molecule has 4 aromatic rings. The molecule has 0 unspecified atom stereocenters. The molecule has 0 saturated carbocycles. The Balaban J connectivity index is 1.50. The fraction of sp³-hybridized carbons (Fsp3) is 0.250. The predicted octanol–water partition coefficient (Wildman–Crippen LogP) is 4.94. The van der Waals surface area contributed by atoms with Crippen molar-refractivity contribution >= 4 is 23.0 Å². The largest absolute Gasteiger partial charge is 0.456 e. The first kappa shape index (κ1) is 20.5. The van der Waals surface area contributed by atoms with E-state index in [-0.39, 0.29) is 12.0 Å². The molecular weight excluding hydrogens is 390 g/mol. The summed E-state index contributed by atoms with van der Waals surface area (Å²) >= 11 is 0. The van der Waals surface area contributed by atoms with Crippen LogP contribution in [0.2, 0.25) is 0 Å². The fourth-order valence-corrected chi connectivity index (χ4v) is 3.22. The van der Waals surface area contributed by atoms with Gasteiger partial charge in [-0.15, -0.1) is 0 Å². The number of nitrogens with zero attached hydrogens (tertiary/aromatic N) is 4. The molecule has 0 radical (unpaired) electrons. The van der Waals surface area contributed by atoms with Gasteiger partial charge in [-0.3, -0.25) is 4.57 Å². The molecule has 7 nitrogen and oxygen atoms in total. The lowest BCUT2D eigenvalue weighted by molar-refractivity contribution is 0.00695. The highest BCUT2D eigenvalue weighted by Crippen LogP contribution is 2.21. The summed E-state index contributed by atoms with van der Waals surface area (Å²) in [4.78, 5) is 25.6. The summed E-state index contributed by atoms with van der Waals surface area (Å²) in [6, 6.07) is 17.1. The second-order valence-electron chi connectivity index (χ2n) is 8.33.